The van der Waals surface area contributed by atoms with E-state index in [0.717, 1.165) is 0 Å². The third kappa shape index (κ3) is 5.61. The summed E-state index contributed by atoms with van der Waals surface area (Å²) in [6.45, 7) is 5.49. The predicted molar refractivity (Wildman–Crippen MR) is 134 cm³/mol. The van der Waals surface area contributed by atoms with Crippen LogP contribution in [0, 0.1) is 17.5 Å². The molecule has 1 N–H and O–H groups in total. The molecule has 0 saturated heterocycles. The summed E-state index contributed by atoms with van der Waals surface area (Å²) in [6.07, 6.45) is 0.936. The van der Waals surface area contributed by atoms with Crippen molar-refractivity contribution in [3.63, 3.8) is 0 Å². The molecule has 0 aromatic heterocycles. The molecule has 6 heteroatoms. The van der Waals surface area contributed by atoms with Crippen LogP contribution < -0.4 is 9.47 Å². The Bertz CT molecular complexity index is 1350. The smallest absolute Gasteiger partial charge is 0.201 e. The summed E-state index contributed by atoms with van der Waals surface area (Å²) in [7, 11) is 0. The minimum atomic E-state index is -1.08. The molecular weight excluding hydrogens is 465 g/mol. The first-order valence-corrected chi connectivity index (χ1v) is 11.4. The topological polar surface area (TPSA) is 38.7 Å². The van der Waals surface area contributed by atoms with Gasteiger partial charge >= 0.3 is 0 Å². The Labute approximate surface area is 208 Å². The molecule has 0 bridgehead atoms. The first kappa shape index (κ1) is 25.1. The fourth-order valence-corrected chi connectivity index (χ4v) is 3.72. The van der Waals surface area contributed by atoms with Gasteiger partial charge < -0.3 is 14.6 Å². The lowest BCUT2D eigenvalue weighted by Crippen LogP contribution is -2.00. The summed E-state index contributed by atoms with van der Waals surface area (Å²) in [5, 5.41) is 9.62. The summed E-state index contributed by atoms with van der Waals surface area (Å²) >= 11 is 0. The van der Waals surface area contributed by atoms with Crippen LogP contribution in [-0.4, -0.2) is 11.7 Å². The molecule has 0 saturated carbocycles. The van der Waals surface area contributed by atoms with Crippen molar-refractivity contribution < 1.29 is 27.8 Å². The molecule has 0 amide bonds. The molecule has 0 aliphatic carbocycles. The Morgan fingerprint density at radius 1 is 0.806 bits per heavy atom. The van der Waals surface area contributed by atoms with Crippen molar-refractivity contribution in [2.24, 2.45) is 0 Å². The zero-order valence-electron chi connectivity index (χ0n) is 19.7. The minimum absolute atomic E-state index is 0.00981. The lowest BCUT2D eigenvalue weighted by atomic mass is 10.0. The highest BCUT2D eigenvalue weighted by Gasteiger charge is 2.16. The van der Waals surface area contributed by atoms with E-state index in [1.807, 2.05) is 0 Å². The van der Waals surface area contributed by atoms with Gasteiger partial charge in [0.05, 0.1) is 6.10 Å². The number of rotatable bonds is 9. The molecule has 1 unspecified atom stereocenters. The van der Waals surface area contributed by atoms with E-state index >= 15 is 0 Å². The standard InChI is InChI=1S/C30H25F3O3/c1-3-16-35-24-12-13-25(27(31)17-24)22-6-4-20(5-7-22)18-36-28-15-14-26(29(32)30(28)33)23-10-8-21(9-11-23)19(2)34/h3-15,17,19,34H,1,16,18H2,2H3. The molecule has 36 heavy (non-hydrogen) atoms. The predicted octanol–water partition coefficient (Wildman–Crippen LogP) is 7.64. The van der Waals surface area contributed by atoms with Gasteiger partial charge in [-0.1, -0.05) is 61.2 Å². The van der Waals surface area contributed by atoms with Gasteiger partial charge in [-0.05, 0) is 53.4 Å². The maximum atomic E-state index is 14.8. The van der Waals surface area contributed by atoms with Crippen LogP contribution in [0.25, 0.3) is 22.3 Å². The molecule has 4 aromatic carbocycles. The lowest BCUT2D eigenvalue weighted by Gasteiger charge is -2.12. The fourth-order valence-electron chi connectivity index (χ4n) is 3.72. The summed E-state index contributed by atoms with van der Waals surface area (Å²) in [4.78, 5) is 0. The van der Waals surface area contributed by atoms with Gasteiger partial charge in [0.2, 0.25) is 5.82 Å². The number of benzene rings is 4. The van der Waals surface area contributed by atoms with Crippen LogP contribution >= 0.6 is 0 Å². The average Bonchev–Trinajstić information content (AvgIpc) is 2.89. The van der Waals surface area contributed by atoms with E-state index in [1.165, 1.54) is 18.2 Å². The molecular formula is C30H25F3O3. The average molecular weight is 491 g/mol. The maximum Gasteiger partial charge on any atom is 0.201 e. The Hall–Kier alpha value is -4.03. The number of halogens is 3. The maximum absolute atomic E-state index is 14.8. The van der Waals surface area contributed by atoms with E-state index < -0.39 is 23.6 Å². The molecule has 0 heterocycles. The lowest BCUT2D eigenvalue weighted by molar-refractivity contribution is 0.199. The third-order valence-electron chi connectivity index (χ3n) is 5.72. The van der Waals surface area contributed by atoms with Gasteiger partial charge in [-0.25, -0.2) is 8.78 Å². The van der Waals surface area contributed by atoms with Gasteiger partial charge in [0.25, 0.3) is 0 Å². The molecule has 1 atom stereocenters. The SMILES string of the molecule is C=CCOc1ccc(-c2ccc(COc3ccc(-c4ccc(C(C)O)cc4)c(F)c3F)cc2)c(F)c1. The van der Waals surface area contributed by atoms with Crippen molar-refractivity contribution in [2.45, 2.75) is 19.6 Å². The van der Waals surface area contributed by atoms with Crippen LogP contribution in [0.1, 0.15) is 24.2 Å². The van der Waals surface area contributed by atoms with Crippen molar-refractivity contribution in [3.05, 3.63) is 120 Å². The van der Waals surface area contributed by atoms with E-state index in [9.17, 15) is 18.3 Å². The Morgan fingerprint density at radius 3 is 2.08 bits per heavy atom. The van der Waals surface area contributed by atoms with Crippen LogP contribution in [0.5, 0.6) is 11.5 Å². The van der Waals surface area contributed by atoms with E-state index in [0.29, 0.717) is 33.6 Å². The second kappa shape index (κ2) is 11.1. The summed E-state index contributed by atoms with van der Waals surface area (Å²) in [5.41, 5.74) is 3.06. The van der Waals surface area contributed by atoms with Crippen LogP contribution in [0.2, 0.25) is 0 Å². The number of hydrogen-bond donors (Lipinski definition) is 1. The molecule has 184 valence electrons. The minimum Gasteiger partial charge on any atom is -0.489 e. The Balaban J connectivity index is 1.44. The number of ether oxygens (including phenoxy) is 2. The van der Waals surface area contributed by atoms with Gasteiger partial charge in [-0.15, -0.1) is 0 Å². The zero-order chi connectivity index (χ0) is 25.7. The van der Waals surface area contributed by atoms with E-state index in [2.05, 4.69) is 6.58 Å². The quantitative estimate of drug-likeness (QED) is 0.245. The van der Waals surface area contributed by atoms with Crippen molar-refractivity contribution in [1.82, 2.24) is 0 Å². The van der Waals surface area contributed by atoms with E-state index in [4.69, 9.17) is 9.47 Å². The summed E-state index contributed by atoms with van der Waals surface area (Å²) in [6, 6.07) is 21.0. The largest absolute Gasteiger partial charge is 0.489 e. The Kier molecular flexibility index (Phi) is 7.76. The van der Waals surface area contributed by atoms with Gasteiger partial charge in [0.1, 0.15) is 24.8 Å². The molecule has 0 fully saturated rings. The van der Waals surface area contributed by atoms with E-state index in [1.54, 1.807) is 73.7 Å². The first-order chi connectivity index (χ1) is 17.4. The molecule has 0 aliphatic heterocycles. The monoisotopic (exact) mass is 490 g/mol. The summed E-state index contributed by atoms with van der Waals surface area (Å²) in [5.74, 6) is -2.30. The van der Waals surface area contributed by atoms with Crippen LogP contribution in [0.3, 0.4) is 0 Å². The van der Waals surface area contributed by atoms with Gasteiger partial charge in [0.15, 0.2) is 11.6 Å². The van der Waals surface area contributed by atoms with Crippen molar-refractivity contribution in [2.75, 3.05) is 6.61 Å². The second-order valence-electron chi connectivity index (χ2n) is 8.26. The molecule has 3 nitrogen and oxygen atoms in total. The first-order valence-electron chi connectivity index (χ1n) is 11.4. The second-order valence-corrected chi connectivity index (χ2v) is 8.26. The van der Waals surface area contributed by atoms with E-state index in [-0.39, 0.29) is 24.5 Å². The fraction of sp³-hybridized carbons (Fsp3) is 0.133. The normalized spacial score (nSPS) is 11.7. The van der Waals surface area contributed by atoms with Crippen molar-refractivity contribution in [1.29, 1.82) is 0 Å². The molecule has 4 aromatic rings. The highest BCUT2D eigenvalue weighted by molar-refractivity contribution is 5.66. The highest BCUT2D eigenvalue weighted by atomic mass is 19.2. The van der Waals surface area contributed by atoms with Crippen molar-refractivity contribution >= 4 is 0 Å². The number of hydrogen-bond acceptors (Lipinski definition) is 3. The zero-order valence-corrected chi connectivity index (χ0v) is 19.7. The van der Waals surface area contributed by atoms with Crippen LogP contribution in [0.4, 0.5) is 13.2 Å². The molecule has 0 spiro atoms. The molecule has 0 radical (unpaired) electrons. The Morgan fingerprint density at radius 2 is 1.44 bits per heavy atom. The van der Waals surface area contributed by atoms with Gasteiger partial charge in [-0.2, -0.15) is 4.39 Å². The van der Waals surface area contributed by atoms with Crippen LogP contribution in [-0.2, 0) is 6.61 Å². The molecule has 0 aliphatic rings. The number of aliphatic hydroxyl groups excluding tert-OH is 1. The number of aliphatic hydroxyl groups is 1. The molecule has 4 rings (SSSR count). The van der Waals surface area contributed by atoms with Crippen LogP contribution in [0.15, 0.2) is 91.5 Å². The third-order valence-corrected chi connectivity index (χ3v) is 5.72. The highest BCUT2D eigenvalue weighted by Crippen LogP contribution is 2.31. The summed E-state index contributed by atoms with van der Waals surface area (Å²) < 4.78 is 54.8. The van der Waals surface area contributed by atoms with Crippen molar-refractivity contribution in [3.8, 4) is 33.8 Å². The van der Waals surface area contributed by atoms with Gasteiger partial charge in [0, 0.05) is 17.2 Å². The van der Waals surface area contributed by atoms with Gasteiger partial charge in [-0.3, -0.25) is 0 Å².